The number of hydrogen-bond donors (Lipinski definition) is 2. The van der Waals surface area contributed by atoms with Crippen LogP contribution in [0.5, 0.6) is 5.75 Å². The molecule has 2 aliphatic heterocycles. The van der Waals surface area contributed by atoms with Crippen molar-refractivity contribution in [3.05, 3.63) is 53.6 Å². The first-order valence-corrected chi connectivity index (χ1v) is 13.3. The lowest BCUT2D eigenvalue weighted by atomic mass is 9.96. The van der Waals surface area contributed by atoms with Crippen LogP contribution in [0.25, 0.3) is 11.1 Å². The maximum Gasteiger partial charge on any atom is 0.261 e. The first-order valence-electron chi connectivity index (χ1n) is 13.3. The molecule has 0 aliphatic carbocycles. The van der Waals surface area contributed by atoms with Gasteiger partial charge in [-0.05, 0) is 94.9 Å². The summed E-state index contributed by atoms with van der Waals surface area (Å²) in [6.07, 6.45) is 4.20. The van der Waals surface area contributed by atoms with Gasteiger partial charge in [-0.1, -0.05) is 18.6 Å². The number of imide groups is 1. The Kier molecular flexibility index (Phi) is 9.10. The smallest absolute Gasteiger partial charge is 0.261 e. The number of alkyl halides is 1. The van der Waals surface area contributed by atoms with E-state index in [-0.39, 0.29) is 5.56 Å². The Labute approximate surface area is 221 Å². The largest absolute Gasteiger partial charge is 0.493 e. The van der Waals surface area contributed by atoms with Crippen LogP contribution in [-0.2, 0) is 4.79 Å². The fraction of sp³-hybridized carbons (Fsp3) is 0.517. The van der Waals surface area contributed by atoms with Crippen molar-refractivity contribution in [3.8, 4) is 16.9 Å². The molecule has 0 saturated carbocycles. The number of benzene rings is 2. The first kappa shape index (κ1) is 28.1. The predicted octanol–water partition coefficient (Wildman–Crippen LogP) is 4.87. The maximum atomic E-state index is 14.9. The molecule has 38 heavy (non-hydrogen) atoms. The molecule has 0 radical (unpaired) electrons. The van der Waals surface area contributed by atoms with Crippen LogP contribution in [0.3, 0.4) is 0 Å². The molecule has 4 rings (SSSR count). The number of nitrogens with one attached hydrogen (secondary N) is 2. The van der Waals surface area contributed by atoms with Gasteiger partial charge in [0.1, 0.15) is 23.1 Å². The SMILES string of the molecule is CC(C)(F)CN1CCC(COc2ccc(-c3c(F)ccc(F)c3C(=O)NC(=O)[C@@H]3CCCCN3)cc2)CC1. The van der Waals surface area contributed by atoms with Gasteiger partial charge >= 0.3 is 0 Å². The Morgan fingerprint density at radius 1 is 1.03 bits per heavy atom. The molecule has 206 valence electrons. The average Bonchev–Trinajstić information content (AvgIpc) is 2.89. The van der Waals surface area contributed by atoms with Gasteiger partial charge in [-0.3, -0.25) is 14.9 Å². The zero-order chi connectivity index (χ0) is 27.3. The van der Waals surface area contributed by atoms with Crippen molar-refractivity contribution >= 4 is 11.8 Å². The van der Waals surface area contributed by atoms with E-state index in [1.807, 2.05) is 0 Å². The molecular weight excluding hydrogens is 495 g/mol. The summed E-state index contributed by atoms with van der Waals surface area (Å²) >= 11 is 0. The van der Waals surface area contributed by atoms with Crippen LogP contribution in [0.4, 0.5) is 13.2 Å². The number of rotatable bonds is 8. The fourth-order valence-corrected chi connectivity index (χ4v) is 5.17. The highest BCUT2D eigenvalue weighted by molar-refractivity contribution is 6.09. The molecule has 2 aliphatic rings. The van der Waals surface area contributed by atoms with Gasteiger partial charge < -0.3 is 15.0 Å². The molecule has 2 aromatic rings. The van der Waals surface area contributed by atoms with E-state index in [9.17, 15) is 22.8 Å². The number of carbonyl (C=O) groups is 2. The van der Waals surface area contributed by atoms with Crippen LogP contribution in [0, 0.1) is 17.6 Å². The predicted molar refractivity (Wildman–Crippen MR) is 140 cm³/mol. The van der Waals surface area contributed by atoms with Gasteiger partial charge in [0.05, 0.1) is 18.2 Å². The summed E-state index contributed by atoms with van der Waals surface area (Å²) < 4.78 is 49.5. The van der Waals surface area contributed by atoms with E-state index < -0.39 is 40.7 Å². The maximum absolute atomic E-state index is 14.9. The lowest BCUT2D eigenvalue weighted by Crippen LogP contribution is -2.48. The van der Waals surface area contributed by atoms with E-state index in [1.165, 1.54) is 0 Å². The van der Waals surface area contributed by atoms with Gasteiger partial charge in [-0.25, -0.2) is 13.2 Å². The number of likely N-dealkylation sites (tertiary alicyclic amines) is 1. The Morgan fingerprint density at radius 3 is 2.34 bits per heavy atom. The highest BCUT2D eigenvalue weighted by atomic mass is 19.1. The zero-order valence-corrected chi connectivity index (χ0v) is 22.0. The van der Waals surface area contributed by atoms with Crippen LogP contribution in [0.15, 0.2) is 36.4 Å². The van der Waals surface area contributed by atoms with E-state index >= 15 is 0 Å². The minimum absolute atomic E-state index is 0.207. The van der Waals surface area contributed by atoms with Gasteiger partial charge in [0.2, 0.25) is 5.91 Å². The molecule has 0 bridgehead atoms. The summed E-state index contributed by atoms with van der Waals surface area (Å²) in [7, 11) is 0. The third-order valence-electron chi connectivity index (χ3n) is 7.13. The highest BCUT2D eigenvalue weighted by Gasteiger charge is 2.28. The molecule has 2 N–H and O–H groups in total. The number of carbonyl (C=O) groups excluding carboxylic acids is 2. The van der Waals surface area contributed by atoms with Gasteiger partial charge in [0.15, 0.2) is 0 Å². The molecule has 2 amide bonds. The normalized spacial score (nSPS) is 19.2. The van der Waals surface area contributed by atoms with Crippen LogP contribution in [-0.4, -0.2) is 61.2 Å². The number of nitrogens with zero attached hydrogens (tertiary/aromatic N) is 1. The summed E-state index contributed by atoms with van der Waals surface area (Å²) in [5.41, 5.74) is -1.63. The van der Waals surface area contributed by atoms with Crippen LogP contribution in [0.2, 0.25) is 0 Å². The molecule has 0 spiro atoms. The Hall–Kier alpha value is -2.91. The number of piperidine rings is 2. The van der Waals surface area contributed by atoms with Crippen molar-refractivity contribution in [3.63, 3.8) is 0 Å². The first-order chi connectivity index (χ1) is 18.1. The van der Waals surface area contributed by atoms with E-state index in [2.05, 4.69) is 15.5 Å². The van der Waals surface area contributed by atoms with Crippen LogP contribution >= 0.6 is 0 Å². The second-order valence-corrected chi connectivity index (χ2v) is 10.9. The molecule has 6 nitrogen and oxygen atoms in total. The minimum atomic E-state index is -1.21. The number of hydrogen-bond acceptors (Lipinski definition) is 5. The summed E-state index contributed by atoms with van der Waals surface area (Å²) in [6, 6.07) is 7.76. The highest BCUT2D eigenvalue weighted by Crippen LogP contribution is 2.31. The zero-order valence-electron chi connectivity index (χ0n) is 22.0. The second-order valence-electron chi connectivity index (χ2n) is 10.9. The third-order valence-corrected chi connectivity index (χ3v) is 7.13. The van der Waals surface area contributed by atoms with Crippen molar-refractivity contribution in [2.75, 3.05) is 32.8 Å². The monoisotopic (exact) mass is 531 g/mol. The quantitative estimate of drug-likeness (QED) is 0.476. The fourth-order valence-electron chi connectivity index (χ4n) is 5.17. The van der Waals surface area contributed by atoms with E-state index in [0.717, 1.165) is 50.9 Å². The molecule has 9 heteroatoms. The Balaban J connectivity index is 1.40. The van der Waals surface area contributed by atoms with Crippen LogP contribution in [0.1, 0.15) is 56.3 Å². The molecule has 1 atom stereocenters. The van der Waals surface area contributed by atoms with E-state index in [1.54, 1.807) is 38.1 Å². The Morgan fingerprint density at radius 2 is 1.71 bits per heavy atom. The van der Waals surface area contributed by atoms with Gasteiger partial charge in [-0.15, -0.1) is 0 Å². The molecule has 0 unspecified atom stereocenters. The number of amides is 2. The molecular formula is C29H36F3N3O3. The molecule has 0 aromatic heterocycles. The average molecular weight is 532 g/mol. The topological polar surface area (TPSA) is 70.7 Å². The lowest BCUT2D eigenvalue weighted by Gasteiger charge is -2.34. The van der Waals surface area contributed by atoms with Gasteiger partial charge in [0.25, 0.3) is 5.91 Å². The summed E-state index contributed by atoms with van der Waals surface area (Å²) in [5, 5.41) is 5.27. The van der Waals surface area contributed by atoms with Crippen molar-refractivity contribution in [2.24, 2.45) is 5.92 Å². The van der Waals surface area contributed by atoms with Crippen LogP contribution < -0.4 is 15.4 Å². The lowest BCUT2D eigenvalue weighted by molar-refractivity contribution is -0.122. The number of ether oxygens (including phenoxy) is 1. The van der Waals surface area contributed by atoms with Crippen molar-refractivity contribution < 1.29 is 27.5 Å². The molecule has 2 fully saturated rings. The van der Waals surface area contributed by atoms with E-state index in [0.29, 0.717) is 43.3 Å². The second kappa shape index (κ2) is 12.3. The molecule has 2 heterocycles. The van der Waals surface area contributed by atoms with Gasteiger partial charge in [-0.2, -0.15) is 0 Å². The third kappa shape index (κ3) is 7.35. The summed E-state index contributed by atoms with van der Waals surface area (Å²) in [5.74, 6) is -2.28. The minimum Gasteiger partial charge on any atom is -0.493 e. The standard InChI is InChI=1S/C29H36F3N3O3/c1-29(2,32)18-35-15-12-19(13-16-35)17-38-21-8-6-20(7-9-21)25-22(30)10-11-23(31)26(25)28(37)34-27(36)24-5-3-4-14-33-24/h6-11,19,24,33H,3-5,12-18H2,1-2H3,(H,34,36,37)/t24-/m0/s1. The summed E-state index contributed by atoms with van der Waals surface area (Å²) in [6.45, 7) is 6.41. The van der Waals surface area contributed by atoms with Crippen molar-refractivity contribution in [1.29, 1.82) is 0 Å². The number of halogens is 3. The molecule has 2 saturated heterocycles. The van der Waals surface area contributed by atoms with Crippen molar-refractivity contribution in [2.45, 2.75) is 57.7 Å². The molecule has 2 aromatic carbocycles. The van der Waals surface area contributed by atoms with Crippen molar-refractivity contribution in [1.82, 2.24) is 15.5 Å². The summed E-state index contributed by atoms with van der Waals surface area (Å²) in [4.78, 5) is 27.5. The van der Waals surface area contributed by atoms with Gasteiger partial charge in [0, 0.05) is 12.1 Å². The van der Waals surface area contributed by atoms with E-state index in [4.69, 9.17) is 4.74 Å². The Bertz CT molecular complexity index is 1120.